The van der Waals surface area contributed by atoms with Gasteiger partial charge in [0, 0.05) is 12.5 Å². The molecule has 4 rings (SSSR count). The fourth-order valence-electron chi connectivity index (χ4n) is 2.78. The quantitative estimate of drug-likeness (QED) is 0.477. The fourth-order valence-corrected chi connectivity index (χ4v) is 4.02. The molecule has 0 atom stereocenters. The second-order valence-corrected chi connectivity index (χ2v) is 8.37. The summed E-state index contributed by atoms with van der Waals surface area (Å²) in [5.41, 5.74) is 0.523. The van der Waals surface area contributed by atoms with Crippen LogP contribution in [-0.4, -0.2) is 23.1 Å². The van der Waals surface area contributed by atoms with Crippen molar-refractivity contribution in [3.8, 4) is 0 Å². The molecule has 156 valence electrons. The summed E-state index contributed by atoms with van der Waals surface area (Å²) in [5.74, 6) is -0.633. The van der Waals surface area contributed by atoms with E-state index in [0.29, 0.717) is 23.7 Å². The van der Waals surface area contributed by atoms with E-state index in [-0.39, 0.29) is 27.7 Å². The van der Waals surface area contributed by atoms with Gasteiger partial charge in [0.2, 0.25) is 5.89 Å². The lowest BCUT2D eigenvalue weighted by Gasteiger charge is -2.08. The summed E-state index contributed by atoms with van der Waals surface area (Å²) in [5, 5.41) is 3.57. The predicted octanol–water partition coefficient (Wildman–Crippen LogP) is 3.18. The molecule has 2 aromatic heterocycles. The van der Waals surface area contributed by atoms with Gasteiger partial charge in [-0.1, -0.05) is 23.7 Å². The van der Waals surface area contributed by atoms with Crippen molar-refractivity contribution in [3.63, 3.8) is 0 Å². The Morgan fingerprint density at radius 2 is 2.03 bits per heavy atom. The highest BCUT2D eigenvalue weighted by atomic mass is 35.5. The summed E-state index contributed by atoms with van der Waals surface area (Å²) in [6, 6.07) is 7.41. The Labute approximate surface area is 174 Å². The minimum absolute atomic E-state index is 0.00770. The van der Waals surface area contributed by atoms with Crippen LogP contribution >= 0.6 is 11.6 Å². The molecule has 0 unspecified atom stereocenters. The monoisotopic (exact) mass is 452 g/mol. The average Bonchev–Trinajstić information content (AvgIpc) is 3.28. The molecule has 9 nitrogen and oxygen atoms in total. The number of oxazole rings is 1. The Bertz CT molecular complexity index is 1410. The van der Waals surface area contributed by atoms with Gasteiger partial charge in [0.1, 0.15) is 5.82 Å². The number of halogens is 2. The number of sulfonamides is 1. The Hall–Kier alpha value is -3.18. The van der Waals surface area contributed by atoms with Crippen molar-refractivity contribution in [2.75, 3.05) is 4.72 Å². The number of benzene rings is 2. The van der Waals surface area contributed by atoms with E-state index >= 15 is 0 Å². The molecule has 0 radical (unpaired) electrons. The Kier molecular flexibility index (Phi) is 5.08. The van der Waals surface area contributed by atoms with Crippen LogP contribution < -0.4 is 10.5 Å². The number of fused-ring (bicyclic) bond motifs is 1. The molecule has 0 fully saturated rings. The number of rotatable bonds is 6. The van der Waals surface area contributed by atoms with Crippen molar-refractivity contribution in [3.05, 3.63) is 69.5 Å². The number of hydrogen-bond acceptors (Lipinski definition) is 7. The van der Waals surface area contributed by atoms with Gasteiger partial charge in [-0.15, -0.1) is 0 Å². The van der Waals surface area contributed by atoms with Crippen molar-refractivity contribution < 1.29 is 21.7 Å². The molecule has 0 bridgehead atoms. The number of hydrogen-bond donors (Lipinski definition) is 1. The highest BCUT2D eigenvalue weighted by Crippen LogP contribution is 2.24. The van der Waals surface area contributed by atoms with E-state index in [1.54, 1.807) is 0 Å². The van der Waals surface area contributed by atoms with Crippen LogP contribution in [0.15, 0.2) is 55.0 Å². The number of nitrogens with one attached hydrogen (secondary N) is 1. The molecule has 0 aliphatic heterocycles. The van der Waals surface area contributed by atoms with Gasteiger partial charge in [-0.05, 0) is 30.3 Å². The summed E-state index contributed by atoms with van der Waals surface area (Å²) in [6.07, 6.45) is 0.557. The molecule has 2 aromatic carbocycles. The fraction of sp³-hybridized carbons (Fsp3) is 0.167. The van der Waals surface area contributed by atoms with Crippen LogP contribution in [0.3, 0.4) is 0 Å². The molecule has 4 aromatic rings. The van der Waals surface area contributed by atoms with Gasteiger partial charge in [-0.2, -0.15) is 4.98 Å². The maximum absolute atomic E-state index is 13.3. The lowest BCUT2D eigenvalue weighted by molar-refractivity contribution is 0.375. The highest BCUT2D eigenvalue weighted by molar-refractivity contribution is 7.92. The van der Waals surface area contributed by atoms with Crippen LogP contribution in [-0.2, 0) is 23.0 Å². The minimum Gasteiger partial charge on any atom is -0.408 e. The minimum atomic E-state index is -4.04. The number of aromatic nitrogens is 3. The highest BCUT2D eigenvalue weighted by Gasteiger charge is 2.19. The molecule has 30 heavy (non-hydrogen) atoms. The molecule has 12 heteroatoms. The van der Waals surface area contributed by atoms with Gasteiger partial charge >= 0.3 is 5.76 Å². The molecule has 0 amide bonds. The van der Waals surface area contributed by atoms with E-state index in [9.17, 15) is 17.6 Å². The molecular formula is C18H14ClFN4O5S. The number of aryl methyl sites for hydroxylation is 1. The second-order valence-electron chi connectivity index (χ2n) is 6.28. The van der Waals surface area contributed by atoms with E-state index in [1.165, 1.54) is 28.8 Å². The second kappa shape index (κ2) is 7.58. The van der Waals surface area contributed by atoms with Gasteiger partial charge in [0.25, 0.3) is 10.0 Å². The first-order valence-corrected chi connectivity index (χ1v) is 10.6. The van der Waals surface area contributed by atoms with Crippen molar-refractivity contribution in [2.24, 2.45) is 0 Å². The van der Waals surface area contributed by atoms with E-state index < -0.39 is 21.6 Å². The molecular weight excluding hydrogens is 439 g/mol. The van der Waals surface area contributed by atoms with Crippen LogP contribution in [0.4, 0.5) is 10.1 Å². The lowest BCUT2D eigenvalue weighted by Crippen LogP contribution is -2.15. The van der Waals surface area contributed by atoms with E-state index in [2.05, 4.69) is 14.9 Å². The largest absolute Gasteiger partial charge is 0.420 e. The zero-order valence-corrected chi connectivity index (χ0v) is 17.0. The normalized spacial score (nSPS) is 11.8. The van der Waals surface area contributed by atoms with Crippen LogP contribution in [0.25, 0.3) is 11.1 Å². The van der Waals surface area contributed by atoms with Gasteiger partial charge in [-0.3, -0.25) is 9.29 Å². The van der Waals surface area contributed by atoms with Crippen LogP contribution in [0, 0.1) is 5.82 Å². The smallest absolute Gasteiger partial charge is 0.408 e. The summed E-state index contributed by atoms with van der Waals surface area (Å²) in [4.78, 5) is 16.2. The summed E-state index contributed by atoms with van der Waals surface area (Å²) < 4.78 is 52.4. The summed E-state index contributed by atoms with van der Waals surface area (Å²) >= 11 is 5.69. The lowest BCUT2D eigenvalue weighted by atomic mass is 10.3. The van der Waals surface area contributed by atoms with Crippen molar-refractivity contribution in [1.29, 1.82) is 0 Å². The topological polar surface area (TPSA) is 120 Å². The summed E-state index contributed by atoms with van der Waals surface area (Å²) in [6.45, 7) is 1.86. The molecule has 1 N–H and O–H groups in total. The maximum Gasteiger partial charge on any atom is 0.420 e. The van der Waals surface area contributed by atoms with E-state index in [4.69, 9.17) is 20.5 Å². The first-order chi connectivity index (χ1) is 14.3. The SMILES string of the molecule is CCc1nc(Cn2c(=O)oc3cc(S(=O)(=O)Nc4ccc(F)c(Cl)c4)ccc32)no1. The molecule has 0 saturated carbocycles. The van der Waals surface area contributed by atoms with Crippen LogP contribution in [0.2, 0.25) is 5.02 Å². The van der Waals surface area contributed by atoms with Gasteiger partial charge in [-0.25, -0.2) is 17.6 Å². The van der Waals surface area contributed by atoms with Gasteiger partial charge in [0.15, 0.2) is 11.4 Å². The Balaban J connectivity index is 1.66. The average molecular weight is 453 g/mol. The van der Waals surface area contributed by atoms with Crippen LogP contribution in [0.1, 0.15) is 18.6 Å². The Morgan fingerprint density at radius 1 is 1.23 bits per heavy atom. The van der Waals surface area contributed by atoms with E-state index in [1.807, 2.05) is 6.92 Å². The molecule has 2 heterocycles. The molecule has 0 saturated heterocycles. The third-order valence-electron chi connectivity index (χ3n) is 4.23. The number of nitrogens with zero attached hydrogens (tertiary/aromatic N) is 3. The van der Waals surface area contributed by atoms with Crippen molar-refractivity contribution >= 4 is 38.4 Å². The summed E-state index contributed by atoms with van der Waals surface area (Å²) in [7, 11) is -4.04. The van der Waals surface area contributed by atoms with Crippen LogP contribution in [0.5, 0.6) is 0 Å². The number of anilines is 1. The molecule has 0 aliphatic rings. The van der Waals surface area contributed by atoms with Gasteiger partial charge < -0.3 is 8.94 Å². The Morgan fingerprint density at radius 3 is 2.73 bits per heavy atom. The maximum atomic E-state index is 13.3. The molecule has 0 aliphatic carbocycles. The van der Waals surface area contributed by atoms with Crippen molar-refractivity contribution in [1.82, 2.24) is 14.7 Å². The third-order valence-corrected chi connectivity index (χ3v) is 5.90. The third kappa shape index (κ3) is 3.81. The molecule has 0 spiro atoms. The first kappa shape index (κ1) is 20.1. The zero-order valence-electron chi connectivity index (χ0n) is 15.4. The predicted molar refractivity (Wildman–Crippen MR) is 105 cm³/mol. The van der Waals surface area contributed by atoms with E-state index in [0.717, 1.165) is 12.1 Å². The van der Waals surface area contributed by atoms with Crippen molar-refractivity contribution in [2.45, 2.75) is 24.8 Å². The standard InChI is InChI=1S/C18H14ClFN4O5S/c1-2-17-21-16(22-29-17)9-24-14-6-4-11(8-15(14)28-18(24)25)30(26,27)23-10-3-5-13(20)12(19)7-10/h3-8,23H,2,9H2,1H3. The first-order valence-electron chi connectivity index (χ1n) is 8.69. The van der Waals surface area contributed by atoms with Gasteiger partial charge in [0.05, 0.1) is 27.7 Å². The zero-order chi connectivity index (χ0) is 21.5.